The van der Waals surface area contributed by atoms with Gasteiger partial charge in [-0.2, -0.15) is 0 Å². The van der Waals surface area contributed by atoms with Crippen molar-refractivity contribution in [3.05, 3.63) is 77.2 Å². The van der Waals surface area contributed by atoms with E-state index in [0.29, 0.717) is 6.61 Å². The lowest BCUT2D eigenvalue weighted by Gasteiger charge is -2.41. The minimum Gasteiger partial charge on any atom is -0.406 e. The van der Waals surface area contributed by atoms with Crippen molar-refractivity contribution in [1.29, 1.82) is 0 Å². The van der Waals surface area contributed by atoms with Crippen LogP contribution < -0.4 is 10.1 Å². The van der Waals surface area contributed by atoms with Gasteiger partial charge in [-0.25, -0.2) is 0 Å². The second-order valence-corrected chi connectivity index (χ2v) is 9.40. The number of alkyl halides is 3. The van der Waals surface area contributed by atoms with Crippen LogP contribution in [0.2, 0.25) is 0 Å². The third kappa shape index (κ3) is 4.29. The Bertz CT molecular complexity index is 1050. The summed E-state index contributed by atoms with van der Waals surface area (Å²) < 4.78 is 49.4. The third-order valence-electron chi connectivity index (χ3n) is 6.43. The molecule has 2 aromatic carbocycles. The molecule has 0 saturated carbocycles. The second kappa shape index (κ2) is 8.54. The fourth-order valence-electron chi connectivity index (χ4n) is 5.14. The average molecular weight is 460 g/mol. The van der Waals surface area contributed by atoms with Gasteiger partial charge in [0.1, 0.15) is 5.75 Å². The van der Waals surface area contributed by atoms with E-state index in [2.05, 4.69) is 22.2 Å². The summed E-state index contributed by atoms with van der Waals surface area (Å²) in [5, 5.41) is 5.60. The fraction of sp³-hybridized carbons (Fsp3) is 0.360. The van der Waals surface area contributed by atoms with Crippen LogP contribution in [0.25, 0.3) is 10.4 Å². The van der Waals surface area contributed by atoms with Crippen molar-refractivity contribution in [3.8, 4) is 16.2 Å². The molecule has 2 aliphatic heterocycles. The largest absolute Gasteiger partial charge is 0.573 e. The normalized spacial score (nSPS) is 25.8. The van der Waals surface area contributed by atoms with Crippen LogP contribution in [0.15, 0.2) is 66.0 Å². The van der Waals surface area contributed by atoms with Crippen LogP contribution in [-0.2, 0) is 4.74 Å². The van der Waals surface area contributed by atoms with Gasteiger partial charge in [-0.05, 0) is 72.1 Å². The minimum atomic E-state index is -4.72. The molecule has 0 radical (unpaired) electrons. The SMILES string of the molecule is FC(F)(F)Oc1ccc(-c2cccs2)c([C@@H]2CO[C@]3(CCCN[C@H]3c3ccccc3)C2)c1. The number of nitrogens with one attached hydrogen (secondary N) is 1. The highest BCUT2D eigenvalue weighted by Gasteiger charge is 2.49. The van der Waals surface area contributed by atoms with Gasteiger partial charge < -0.3 is 14.8 Å². The summed E-state index contributed by atoms with van der Waals surface area (Å²) in [5.74, 6) is -0.204. The monoisotopic (exact) mass is 459 g/mol. The standard InChI is InChI=1S/C25H24F3NO2S/c26-25(27,28)31-19-9-10-20(22-8-4-13-32-22)21(14-19)18-15-24(30-16-18)11-5-12-29-23(24)17-6-2-1-3-7-17/h1-4,6-10,13-14,18,23,29H,5,11-12,15-16H2/t18-,23-,24+/m0/s1. The predicted molar refractivity (Wildman–Crippen MR) is 119 cm³/mol. The first-order chi connectivity index (χ1) is 15.4. The zero-order valence-electron chi connectivity index (χ0n) is 17.4. The minimum absolute atomic E-state index is 0.0185. The van der Waals surface area contributed by atoms with E-state index in [1.54, 1.807) is 23.5 Å². The molecular formula is C25H24F3NO2S. The van der Waals surface area contributed by atoms with Crippen LogP contribution in [0.5, 0.6) is 5.75 Å². The Kier molecular flexibility index (Phi) is 5.73. The molecule has 32 heavy (non-hydrogen) atoms. The Morgan fingerprint density at radius 1 is 1.06 bits per heavy atom. The van der Waals surface area contributed by atoms with Crippen molar-refractivity contribution in [1.82, 2.24) is 5.32 Å². The van der Waals surface area contributed by atoms with Crippen molar-refractivity contribution in [2.24, 2.45) is 0 Å². The first-order valence-electron chi connectivity index (χ1n) is 10.8. The zero-order chi connectivity index (χ0) is 22.2. The van der Waals surface area contributed by atoms with E-state index in [4.69, 9.17) is 4.74 Å². The van der Waals surface area contributed by atoms with Gasteiger partial charge >= 0.3 is 6.36 Å². The van der Waals surface area contributed by atoms with Crippen molar-refractivity contribution in [2.75, 3.05) is 13.2 Å². The van der Waals surface area contributed by atoms with Crippen molar-refractivity contribution < 1.29 is 22.6 Å². The van der Waals surface area contributed by atoms with E-state index in [0.717, 1.165) is 41.8 Å². The molecular weight excluding hydrogens is 435 g/mol. The summed E-state index contributed by atoms with van der Waals surface area (Å²) in [6.45, 7) is 1.39. The molecule has 0 amide bonds. The van der Waals surface area contributed by atoms with Crippen LogP contribution >= 0.6 is 11.3 Å². The summed E-state index contributed by atoms with van der Waals surface area (Å²) in [6, 6.07) is 18.9. The highest BCUT2D eigenvalue weighted by atomic mass is 32.1. The van der Waals surface area contributed by atoms with Crippen LogP contribution in [0.1, 0.15) is 42.3 Å². The van der Waals surface area contributed by atoms with Gasteiger partial charge in [0.05, 0.1) is 18.2 Å². The quantitative estimate of drug-likeness (QED) is 0.472. The molecule has 2 saturated heterocycles. The molecule has 168 valence electrons. The van der Waals surface area contributed by atoms with Crippen molar-refractivity contribution in [3.63, 3.8) is 0 Å². The van der Waals surface area contributed by atoms with Gasteiger partial charge in [0.25, 0.3) is 0 Å². The maximum atomic E-state index is 12.9. The maximum Gasteiger partial charge on any atom is 0.573 e. The Balaban J connectivity index is 1.50. The number of hydrogen-bond acceptors (Lipinski definition) is 4. The second-order valence-electron chi connectivity index (χ2n) is 8.45. The lowest BCUT2D eigenvalue weighted by molar-refractivity contribution is -0.274. The summed E-state index contributed by atoms with van der Waals surface area (Å²) in [7, 11) is 0. The van der Waals surface area contributed by atoms with E-state index in [1.807, 2.05) is 35.7 Å². The van der Waals surface area contributed by atoms with E-state index in [9.17, 15) is 13.2 Å². The van der Waals surface area contributed by atoms with Crippen molar-refractivity contribution >= 4 is 11.3 Å². The molecule has 2 fully saturated rings. The molecule has 1 aromatic heterocycles. The predicted octanol–water partition coefficient (Wildman–Crippen LogP) is 6.68. The molecule has 1 N–H and O–H groups in total. The molecule has 2 aliphatic rings. The number of halogens is 3. The Morgan fingerprint density at radius 2 is 1.91 bits per heavy atom. The lowest BCUT2D eigenvalue weighted by atomic mass is 9.76. The first-order valence-corrected chi connectivity index (χ1v) is 11.7. The average Bonchev–Trinajstić information content (AvgIpc) is 3.45. The Morgan fingerprint density at radius 3 is 2.66 bits per heavy atom. The molecule has 0 bridgehead atoms. The summed E-state index contributed by atoms with van der Waals surface area (Å²) >= 11 is 1.58. The number of rotatable bonds is 4. The number of ether oxygens (including phenoxy) is 2. The van der Waals surface area contributed by atoms with Crippen LogP contribution in [-0.4, -0.2) is 25.1 Å². The summed E-state index contributed by atoms with van der Waals surface area (Å²) in [5.41, 5.74) is 2.60. The van der Waals surface area contributed by atoms with Crippen LogP contribution in [0, 0.1) is 0 Å². The van der Waals surface area contributed by atoms with Crippen LogP contribution in [0.3, 0.4) is 0 Å². The van der Waals surface area contributed by atoms with Gasteiger partial charge in [-0.1, -0.05) is 36.4 Å². The fourth-order valence-corrected chi connectivity index (χ4v) is 5.91. The first kappa shape index (κ1) is 21.5. The molecule has 3 atom stereocenters. The van der Waals surface area contributed by atoms with E-state index in [-0.39, 0.29) is 23.3 Å². The highest BCUT2D eigenvalue weighted by Crippen LogP contribution is 2.50. The van der Waals surface area contributed by atoms with Crippen molar-refractivity contribution in [2.45, 2.75) is 43.2 Å². The topological polar surface area (TPSA) is 30.5 Å². The maximum absolute atomic E-state index is 12.9. The smallest absolute Gasteiger partial charge is 0.406 e. The molecule has 0 unspecified atom stereocenters. The summed E-state index contributed by atoms with van der Waals surface area (Å²) in [4.78, 5) is 1.03. The molecule has 1 spiro atoms. The molecule has 5 rings (SSSR count). The van der Waals surface area contributed by atoms with Gasteiger partial charge in [0, 0.05) is 10.8 Å². The van der Waals surface area contributed by atoms with Crippen LogP contribution in [0.4, 0.5) is 13.2 Å². The number of benzene rings is 2. The van der Waals surface area contributed by atoms with Gasteiger partial charge in [0.2, 0.25) is 0 Å². The van der Waals surface area contributed by atoms with Gasteiger partial charge in [-0.15, -0.1) is 24.5 Å². The van der Waals surface area contributed by atoms with E-state index >= 15 is 0 Å². The van der Waals surface area contributed by atoms with Gasteiger partial charge in [-0.3, -0.25) is 0 Å². The molecule has 3 heterocycles. The van der Waals surface area contributed by atoms with Gasteiger partial charge in [0.15, 0.2) is 0 Å². The highest BCUT2D eigenvalue weighted by molar-refractivity contribution is 7.13. The van der Waals surface area contributed by atoms with E-state index < -0.39 is 6.36 Å². The van der Waals surface area contributed by atoms with E-state index in [1.165, 1.54) is 11.6 Å². The molecule has 3 nitrogen and oxygen atoms in total. The summed E-state index contributed by atoms with van der Waals surface area (Å²) in [6.07, 6.45) is -2.05. The Hall–Kier alpha value is -2.35. The third-order valence-corrected chi connectivity index (χ3v) is 7.33. The lowest BCUT2D eigenvalue weighted by Crippen LogP contribution is -2.48. The molecule has 7 heteroatoms. The molecule has 0 aliphatic carbocycles. The Labute approximate surface area is 189 Å². The number of hydrogen-bond donors (Lipinski definition) is 1. The number of thiophene rings is 1. The zero-order valence-corrected chi connectivity index (χ0v) is 18.2. The molecule has 3 aromatic rings. The number of piperidine rings is 1.